The number of anilines is 1. The SMILES string of the molecule is COc1cc(F)c(-n2c(C3CC(N)C3)cnc2NC(=O)c2ccc(OC(F)F)cc2)c(F)c1. The monoisotopic (exact) mass is 464 g/mol. The summed E-state index contributed by atoms with van der Waals surface area (Å²) in [5.74, 6) is -2.78. The van der Waals surface area contributed by atoms with E-state index in [9.17, 15) is 22.4 Å². The van der Waals surface area contributed by atoms with Crippen molar-refractivity contribution >= 4 is 11.9 Å². The number of halogens is 4. The number of hydrogen-bond acceptors (Lipinski definition) is 5. The second-order valence-corrected chi connectivity index (χ2v) is 7.57. The van der Waals surface area contributed by atoms with Crippen molar-refractivity contribution in [3.63, 3.8) is 0 Å². The van der Waals surface area contributed by atoms with Gasteiger partial charge in [0.25, 0.3) is 5.91 Å². The van der Waals surface area contributed by atoms with Crippen molar-refractivity contribution in [3.05, 3.63) is 65.5 Å². The highest BCUT2D eigenvalue weighted by molar-refractivity contribution is 6.03. The number of amides is 1. The first kappa shape index (κ1) is 22.6. The van der Waals surface area contributed by atoms with Gasteiger partial charge in [-0.05, 0) is 37.1 Å². The van der Waals surface area contributed by atoms with Crippen LogP contribution >= 0.6 is 0 Å². The van der Waals surface area contributed by atoms with Crippen molar-refractivity contribution in [2.75, 3.05) is 12.4 Å². The minimum atomic E-state index is -3.00. The summed E-state index contributed by atoms with van der Waals surface area (Å²) in [5.41, 5.74) is 6.06. The molecule has 2 aromatic carbocycles. The number of nitrogens with zero attached hydrogens (tertiary/aromatic N) is 2. The maximum Gasteiger partial charge on any atom is 0.387 e. The number of alkyl halides is 2. The van der Waals surface area contributed by atoms with Crippen LogP contribution in [0.3, 0.4) is 0 Å². The van der Waals surface area contributed by atoms with Crippen molar-refractivity contribution in [1.82, 2.24) is 9.55 Å². The Labute approximate surface area is 186 Å². The van der Waals surface area contributed by atoms with E-state index in [1.165, 1.54) is 42.1 Å². The third kappa shape index (κ3) is 4.63. The predicted octanol–water partition coefficient (Wildman–Crippen LogP) is 4.22. The summed E-state index contributed by atoms with van der Waals surface area (Å²) in [6, 6.07) is 7.00. The molecule has 1 fully saturated rings. The van der Waals surface area contributed by atoms with Gasteiger partial charge in [0.1, 0.15) is 17.2 Å². The molecule has 1 aliphatic rings. The van der Waals surface area contributed by atoms with Crippen LogP contribution in [0.25, 0.3) is 5.69 Å². The predicted molar refractivity (Wildman–Crippen MR) is 111 cm³/mol. The molecule has 11 heteroatoms. The maximum absolute atomic E-state index is 14.9. The zero-order valence-electron chi connectivity index (χ0n) is 17.4. The molecule has 1 heterocycles. The number of methoxy groups -OCH3 is 1. The molecule has 33 heavy (non-hydrogen) atoms. The van der Waals surface area contributed by atoms with Gasteiger partial charge in [0.15, 0.2) is 11.6 Å². The largest absolute Gasteiger partial charge is 0.497 e. The highest BCUT2D eigenvalue weighted by Gasteiger charge is 2.33. The fraction of sp³-hybridized carbons (Fsp3) is 0.273. The Morgan fingerprint density at radius 3 is 2.33 bits per heavy atom. The molecule has 1 amide bonds. The molecule has 7 nitrogen and oxygen atoms in total. The van der Waals surface area contributed by atoms with E-state index in [0.29, 0.717) is 18.5 Å². The molecule has 0 radical (unpaired) electrons. The lowest BCUT2D eigenvalue weighted by Gasteiger charge is -2.33. The summed E-state index contributed by atoms with van der Waals surface area (Å²) < 4.78 is 64.9. The second-order valence-electron chi connectivity index (χ2n) is 7.57. The third-order valence-electron chi connectivity index (χ3n) is 5.40. The number of nitrogens with two attached hydrogens (primary N) is 1. The first-order valence-electron chi connectivity index (χ1n) is 9.99. The van der Waals surface area contributed by atoms with Gasteiger partial charge in [0.2, 0.25) is 5.95 Å². The fourth-order valence-corrected chi connectivity index (χ4v) is 3.71. The molecule has 0 bridgehead atoms. The number of nitrogens with one attached hydrogen (secondary N) is 1. The van der Waals surface area contributed by atoms with Crippen LogP contribution in [0.4, 0.5) is 23.5 Å². The van der Waals surface area contributed by atoms with Gasteiger partial charge in [-0.15, -0.1) is 0 Å². The number of imidazole rings is 1. The average Bonchev–Trinajstić information content (AvgIpc) is 3.13. The molecule has 4 rings (SSSR count). The van der Waals surface area contributed by atoms with E-state index in [0.717, 1.165) is 12.1 Å². The number of benzene rings is 2. The summed E-state index contributed by atoms with van der Waals surface area (Å²) in [6.07, 6.45) is 2.64. The molecule has 3 aromatic rings. The normalized spacial score (nSPS) is 17.5. The first-order valence-corrected chi connectivity index (χ1v) is 9.99. The topological polar surface area (TPSA) is 91.4 Å². The van der Waals surface area contributed by atoms with Crippen molar-refractivity contribution in [1.29, 1.82) is 0 Å². The lowest BCUT2D eigenvalue weighted by atomic mass is 9.79. The van der Waals surface area contributed by atoms with Gasteiger partial charge in [-0.3, -0.25) is 14.7 Å². The van der Waals surface area contributed by atoms with E-state index in [1.54, 1.807) is 0 Å². The number of carbonyl (C=O) groups excluding carboxylic acids is 1. The Hall–Kier alpha value is -3.60. The van der Waals surface area contributed by atoms with Gasteiger partial charge in [-0.2, -0.15) is 8.78 Å². The van der Waals surface area contributed by atoms with E-state index >= 15 is 0 Å². The van der Waals surface area contributed by atoms with Gasteiger partial charge in [-0.25, -0.2) is 13.8 Å². The van der Waals surface area contributed by atoms with Gasteiger partial charge in [0, 0.05) is 35.3 Å². The highest BCUT2D eigenvalue weighted by Crippen LogP contribution is 2.39. The lowest BCUT2D eigenvalue weighted by Crippen LogP contribution is -2.35. The fourth-order valence-electron chi connectivity index (χ4n) is 3.71. The smallest absolute Gasteiger partial charge is 0.387 e. The maximum atomic E-state index is 14.9. The van der Waals surface area contributed by atoms with E-state index in [-0.39, 0.29) is 35.0 Å². The zero-order valence-corrected chi connectivity index (χ0v) is 17.4. The number of hydrogen-bond donors (Lipinski definition) is 2. The molecule has 3 N–H and O–H groups in total. The summed E-state index contributed by atoms with van der Waals surface area (Å²) in [6.45, 7) is -3.00. The molecule has 0 spiro atoms. The van der Waals surface area contributed by atoms with E-state index < -0.39 is 29.8 Å². The lowest BCUT2D eigenvalue weighted by molar-refractivity contribution is -0.0498. The van der Waals surface area contributed by atoms with Gasteiger partial charge in [0.05, 0.1) is 13.3 Å². The standard InChI is InChI=1S/C22H20F4N4O3/c1-32-15-8-16(23)19(17(24)9-15)30-18(12-6-13(27)7-12)10-28-22(30)29-20(31)11-2-4-14(5-3-11)33-21(25)26/h2-5,8-10,12-13,21H,6-7,27H2,1H3,(H,28,29,31). The molecule has 0 unspecified atom stereocenters. The summed E-state index contributed by atoms with van der Waals surface area (Å²) >= 11 is 0. The Morgan fingerprint density at radius 2 is 1.79 bits per heavy atom. The minimum absolute atomic E-state index is 0.00206. The van der Waals surface area contributed by atoms with E-state index in [4.69, 9.17) is 10.5 Å². The second kappa shape index (κ2) is 9.10. The molecule has 0 aliphatic heterocycles. The van der Waals surface area contributed by atoms with Crippen LogP contribution in [0.5, 0.6) is 11.5 Å². The molecular formula is C22H20F4N4O3. The number of carbonyl (C=O) groups is 1. The number of rotatable bonds is 7. The van der Waals surface area contributed by atoms with Gasteiger partial charge in [-0.1, -0.05) is 0 Å². The van der Waals surface area contributed by atoms with Crippen molar-refractivity contribution in [3.8, 4) is 17.2 Å². The summed E-state index contributed by atoms with van der Waals surface area (Å²) in [7, 11) is 1.29. The highest BCUT2D eigenvalue weighted by atomic mass is 19.3. The van der Waals surface area contributed by atoms with Gasteiger partial charge >= 0.3 is 6.61 Å². The third-order valence-corrected chi connectivity index (χ3v) is 5.40. The van der Waals surface area contributed by atoms with Crippen LogP contribution in [0.2, 0.25) is 0 Å². The Kier molecular flexibility index (Phi) is 6.23. The van der Waals surface area contributed by atoms with Crippen molar-refractivity contribution < 1.29 is 31.8 Å². The Bertz CT molecular complexity index is 1140. The van der Waals surface area contributed by atoms with E-state index in [1.807, 2.05) is 0 Å². The molecule has 1 aliphatic carbocycles. The molecule has 1 saturated carbocycles. The van der Waals surface area contributed by atoms with Crippen LogP contribution in [0.1, 0.15) is 34.8 Å². The van der Waals surface area contributed by atoms with E-state index in [2.05, 4.69) is 15.0 Å². The van der Waals surface area contributed by atoms with Crippen molar-refractivity contribution in [2.24, 2.45) is 5.73 Å². The first-order chi connectivity index (χ1) is 15.8. The molecule has 0 saturated heterocycles. The summed E-state index contributed by atoms with van der Waals surface area (Å²) in [5, 5.41) is 2.53. The van der Waals surface area contributed by atoms with Crippen LogP contribution < -0.4 is 20.5 Å². The Morgan fingerprint density at radius 1 is 1.15 bits per heavy atom. The van der Waals surface area contributed by atoms with Gasteiger partial charge < -0.3 is 15.2 Å². The molecule has 1 aromatic heterocycles. The quantitative estimate of drug-likeness (QED) is 0.511. The van der Waals surface area contributed by atoms with Crippen LogP contribution in [0, 0.1) is 11.6 Å². The average molecular weight is 464 g/mol. The number of ether oxygens (including phenoxy) is 2. The van der Waals surface area contributed by atoms with Crippen molar-refractivity contribution in [2.45, 2.75) is 31.4 Å². The minimum Gasteiger partial charge on any atom is -0.497 e. The molecular weight excluding hydrogens is 444 g/mol. The molecule has 0 atom stereocenters. The zero-order chi connectivity index (χ0) is 23.7. The van der Waals surface area contributed by atoms with Crippen LogP contribution in [0.15, 0.2) is 42.6 Å². The number of aromatic nitrogens is 2. The van der Waals surface area contributed by atoms with Crippen LogP contribution in [-0.4, -0.2) is 35.2 Å². The van der Waals surface area contributed by atoms with Crippen LogP contribution in [-0.2, 0) is 0 Å². The molecule has 174 valence electrons. The summed E-state index contributed by atoms with van der Waals surface area (Å²) in [4.78, 5) is 16.9. The Balaban J connectivity index is 1.69.